The second-order valence-electron chi connectivity index (χ2n) is 7.25. The number of phosphoric acid groups is 2. The van der Waals surface area contributed by atoms with Crippen LogP contribution in [0.3, 0.4) is 0 Å². The zero-order valence-electron chi connectivity index (χ0n) is 21.0. The third-order valence-corrected chi connectivity index (χ3v) is 4.16. The number of nitrogens with one attached hydrogen (secondary N) is 1. The van der Waals surface area contributed by atoms with Crippen molar-refractivity contribution >= 4 is 141 Å². The van der Waals surface area contributed by atoms with E-state index in [1.165, 1.54) is 51.4 Å². The second kappa shape index (κ2) is 34.1. The van der Waals surface area contributed by atoms with Crippen molar-refractivity contribution in [2.45, 2.75) is 84.0 Å². The Balaban J connectivity index is -0.000000146. The van der Waals surface area contributed by atoms with Crippen molar-refractivity contribution in [1.82, 2.24) is 5.32 Å². The summed E-state index contributed by atoms with van der Waals surface area (Å²) in [5.41, 5.74) is 0. The molecular formula is C18H35Ca3NO12P2. The van der Waals surface area contributed by atoms with Crippen LogP contribution >= 0.6 is 15.6 Å². The maximum absolute atomic E-state index is 11.2. The Kier molecular flexibility index (Phi) is 48.9. The predicted octanol–water partition coefficient (Wildman–Crippen LogP) is -2.73. The van der Waals surface area contributed by atoms with Crippen molar-refractivity contribution in [3.05, 3.63) is 0 Å². The normalized spacial score (nSPS) is 11.1. The summed E-state index contributed by atoms with van der Waals surface area (Å²) >= 11 is 0. The van der Waals surface area contributed by atoms with E-state index in [0.29, 0.717) is 19.5 Å². The van der Waals surface area contributed by atoms with Crippen molar-refractivity contribution in [1.29, 1.82) is 0 Å². The van der Waals surface area contributed by atoms with E-state index in [2.05, 4.69) is 12.2 Å². The largest absolute Gasteiger partial charge is 2.00 e. The summed E-state index contributed by atoms with van der Waals surface area (Å²) in [5, 5.41) is 20.6. The molecule has 0 aromatic heterocycles. The Morgan fingerprint density at radius 1 is 0.722 bits per heavy atom. The van der Waals surface area contributed by atoms with Crippen molar-refractivity contribution in [3.63, 3.8) is 0 Å². The molecule has 200 valence electrons. The summed E-state index contributed by atoms with van der Waals surface area (Å²) in [5.74, 6) is -2.05. The fraction of sp³-hybridized carbons (Fsp3) is 0.889. The summed E-state index contributed by atoms with van der Waals surface area (Å²) in [6.07, 6.45) is 13.1. The van der Waals surface area contributed by atoms with E-state index >= 15 is 0 Å². The van der Waals surface area contributed by atoms with Gasteiger partial charge >= 0.3 is 125 Å². The molecule has 0 radical (unpaired) electrons. The molecule has 0 aromatic carbocycles. The van der Waals surface area contributed by atoms with Crippen molar-refractivity contribution in [2.24, 2.45) is 5.92 Å². The number of hydrogen-bond acceptors (Lipinski definition) is 11. The van der Waals surface area contributed by atoms with Crippen LogP contribution < -0.4 is 34.7 Å². The summed E-state index contributed by atoms with van der Waals surface area (Å²) in [6.45, 7) is 2.92. The van der Waals surface area contributed by atoms with Crippen LogP contribution in [0.4, 0.5) is 0 Å². The Hall–Kier alpha value is 2.90. The van der Waals surface area contributed by atoms with Crippen LogP contribution in [0.1, 0.15) is 84.0 Å². The van der Waals surface area contributed by atoms with Gasteiger partial charge in [0, 0.05) is 13.1 Å². The maximum Gasteiger partial charge on any atom is 2.00 e. The van der Waals surface area contributed by atoms with Crippen LogP contribution in [0.15, 0.2) is 0 Å². The van der Waals surface area contributed by atoms with Crippen LogP contribution in [0.2, 0.25) is 0 Å². The summed E-state index contributed by atoms with van der Waals surface area (Å²) in [6, 6.07) is 0. The molecule has 0 aromatic rings. The summed E-state index contributed by atoms with van der Waals surface area (Å²) in [4.78, 5) is 72.8. The van der Waals surface area contributed by atoms with Crippen molar-refractivity contribution in [3.8, 4) is 0 Å². The molecule has 13 nitrogen and oxygen atoms in total. The SMILES string of the molecule is CCCCCCCCCCCCC(CNCCC(=O)O)C(=O)O.O=P([O-])([O-])[O-].O=P([O-])([O-])[O-].[Ca+2].[Ca+2].[Ca+2]. The quantitative estimate of drug-likeness (QED) is 0.0830. The fourth-order valence-electron chi connectivity index (χ4n) is 2.66. The molecule has 0 spiro atoms. The Morgan fingerprint density at radius 2 is 1.06 bits per heavy atom. The average Bonchev–Trinajstić information content (AvgIpc) is 2.61. The molecule has 0 saturated carbocycles. The van der Waals surface area contributed by atoms with Crippen molar-refractivity contribution < 1.29 is 58.3 Å². The van der Waals surface area contributed by atoms with E-state index in [1.807, 2.05) is 0 Å². The third-order valence-electron chi connectivity index (χ3n) is 4.16. The topological polar surface area (TPSA) is 259 Å². The molecule has 0 rings (SSSR count). The molecule has 0 aliphatic carbocycles. The summed E-state index contributed by atoms with van der Waals surface area (Å²) < 4.78 is 17.1. The first kappa shape index (κ1) is 51.6. The number of unbranched alkanes of at least 4 members (excludes halogenated alkanes) is 9. The Morgan fingerprint density at radius 3 is 1.36 bits per heavy atom. The smallest absolute Gasteiger partial charge is 0.822 e. The van der Waals surface area contributed by atoms with E-state index in [4.69, 9.17) is 48.7 Å². The van der Waals surface area contributed by atoms with Gasteiger partial charge in [0.2, 0.25) is 0 Å². The number of carbonyl (C=O) groups is 2. The van der Waals surface area contributed by atoms with Gasteiger partial charge in [-0.2, -0.15) is 15.6 Å². The number of hydrogen-bond donors (Lipinski definition) is 3. The van der Waals surface area contributed by atoms with E-state index in [1.54, 1.807) is 0 Å². The Bertz CT molecular complexity index is 557. The monoisotopic (exact) mass is 639 g/mol. The van der Waals surface area contributed by atoms with Crippen LogP contribution in [0.25, 0.3) is 0 Å². The Labute approximate surface area is 303 Å². The molecule has 0 heterocycles. The van der Waals surface area contributed by atoms with Gasteiger partial charge in [0.25, 0.3) is 0 Å². The van der Waals surface area contributed by atoms with Crippen molar-refractivity contribution in [2.75, 3.05) is 13.1 Å². The molecular weight excluding hydrogens is 604 g/mol. The standard InChI is InChI=1S/C18H35NO4.3Ca.2H3O4P/c1-2-3-4-5-6-7-8-9-10-11-12-16(18(22)23)15-19-14-13-17(20)21;;;;2*1-5(2,3)4/h16,19H,2-15H2,1H3,(H,20,21)(H,22,23);;;;2*(H3,1,2,3,4)/q;3*+2;;/p-6. The van der Waals surface area contributed by atoms with Gasteiger partial charge in [0.15, 0.2) is 0 Å². The minimum atomic E-state index is -5.39. The summed E-state index contributed by atoms with van der Waals surface area (Å²) in [7, 11) is -10.8. The molecule has 0 fully saturated rings. The molecule has 0 saturated heterocycles. The van der Waals surface area contributed by atoms with Crippen LogP contribution in [0, 0.1) is 5.92 Å². The average molecular weight is 640 g/mol. The van der Waals surface area contributed by atoms with E-state index in [9.17, 15) is 9.59 Å². The molecule has 0 aliphatic rings. The van der Waals surface area contributed by atoms with Gasteiger partial charge in [0.05, 0.1) is 12.3 Å². The van der Waals surface area contributed by atoms with Gasteiger partial charge < -0.3 is 54.0 Å². The van der Waals surface area contributed by atoms with Gasteiger partial charge in [0.1, 0.15) is 0 Å². The molecule has 0 bridgehead atoms. The van der Waals surface area contributed by atoms with E-state index in [-0.39, 0.29) is 120 Å². The molecule has 18 heteroatoms. The first-order chi connectivity index (χ1) is 15.1. The first-order valence-electron chi connectivity index (χ1n) is 10.7. The number of rotatable bonds is 17. The van der Waals surface area contributed by atoms with Gasteiger partial charge in [-0.05, 0) is 6.42 Å². The minimum Gasteiger partial charge on any atom is -0.822 e. The minimum absolute atomic E-state index is 0. The molecule has 0 amide bonds. The first-order valence-corrected chi connectivity index (χ1v) is 13.6. The van der Waals surface area contributed by atoms with Crippen LogP contribution in [-0.4, -0.2) is 148 Å². The van der Waals surface area contributed by atoms with Gasteiger partial charge in [-0.1, -0.05) is 71.1 Å². The molecule has 1 unspecified atom stereocenters. The molecule has 3 N–H and O–H groups in total. The fourth-order valence-corrected chi connectivity index (χ4v) is 2.66. The van der Waals surface area contributed by atoms with Gasteiger partial charge in [-0.15, -0.1) is 0 Å². The zero-order chi connectivity index (χ0) is 26.3. The second-order valence-corrected chi connectivity index (χ2v) is 9.04. The number of aliphatic carboxylic acids is 2. The predicted molar refractivity (Wildman–Crippen MR) is 125 cm³/mol. The van der Waals surface area contributed by atoms with Gasteiger partial charge in [-0.25, -0.2) is 0 Å². The maximum atomic E-state index is 11.2. The van der Waals surface area contributed by atoms with Crippen LogP contribution in [0.5, 0.6) is 0 Å². The third kappa shape index (κ3) is 70.9. The molecule has 1 atom stereocenters. The molecule has 36 heavy (non-hydrogen) atoms. The van der Waals surface area contributed by atoms with Gasteiger partial charge in [-0.3, -0.25) is 9.59 Å². The van der Waals surface area contributed by atoms with E-state index in [0.717, 1.165) is 12.8 Å². The zero-order valence-corrected chi connectivity index (χ0v) is 29.4. The van der Waals surface area contributed by atoms with Crippen LogP contribution in [-0.2, 0) is 18.7 Å². The molecule has 0 aliphatic heterocycles. The number of carboxylic acids is 2. The number of carboxylic acid groups (broad SMARTS) is 2. The van der Waals surface area contributed by atoms with E-state index < -0.39 is 33.5 Å².